The summed E-state index contributed by atoms with van der Waals surface area (Å²) in [6.45, 7) is 1.35. The first kappa shape index (κ1) is 19.2. The SMILES string of the molecule is c1ccc(CNc2nc(NCCc3ccncc3)ncc2-c2nnc(C3CC3)o2)cc1. The van der Waals surface area contributed by atoms with Gasteiger partial charge in [-0.25, -0.2) is 4.98 Å². The van der Waals surface area contributed by atoms with Gasteiger partial charge in [0, 0.05) is 37.6 Å². The number of hydrogen-bond donors (Lipinski definition) is 2. The third-order valence-corrected chi connectivity index (χ3v) is 5.14. The number of nitrogens with one attached hydrogen (secondary N) is 2. The number of aromatic nitrogens is 5. The van der Waals surface area contributed by atoms with Gasteiger partial charge < -0.3 is 15.1 Å². The molecule has 0 atom stereocenters. The topological polar surface area (TPSA) is 102 Å². The first-order chi connectivity index (χ1) is 15.3. The van der Waals surface area contributed by atoms with Gasteiger partial charge in [0.25, 0.3) is 5.89 Å². The minimum atomic E-state index is 0.400. The molecule has 2 N–H and O–H groups in total. The van der Waals surface area contributed by atoms with E-state index < -0.39 is 0 Å². The van der Waals surface area contributed by atoms with Crippen molar-refractivity contribution in [2.45, 2.75) is 31.7 Å². The molecule has 0 bridgehead atoms. The molecule has 4 aromatic rings. The van der Waals surface area contributed by atoms with Crippen molar-refractivity contribution < 1.29 is 4.42 Å². The molecule has 1 aliphatic carbocycles. The fourth-order valence-corrected chi connectivity index (χ4v) is 3.25. The Kier molecular flexibility index (Phi) is 5.51. The largest absolute Gasteiger partial charge is 0.420 e. The van der Waals surface area contributed by atoms with E-state index in [0.29, 0.717) is 48.1 Å². The van der Waals surface area contributed by atoms with E-state index in [-0.39, 0.29) is 0 Å². The maximum Gasteiger partial charge on any atom is 0.253 e. The molecule has 8 heteroatoms. The molecule has 0 spiro atoms. The summed E-state index contributed by atoms with van der Waals surface area (Å²) in [6, 6.07) is 14.2. The van der Waals surface area contributed by atoms with Crippen molar-refractivity contribution in [1.82, 2.24) is 25.1 Å². The maximum atomic E-state index is 5.90. The molecular formula is C23H23N7O. The lowest BCUT2D eigenvalue weighted by atomic mass is 10.2. The predicted molar refractivity (Wildman–Crippen MR) is 117 cm³/mol. The first-order valence-corrected chi connectivity index (χ1v) is 10.5. The third-order valence-electron chi connectivity index (χ3n) is 5.14. The number of rotatable bonds is 9. The van der Waals surface area contributed by atoms with E-state index in [1.807, 2.05) is 30.3 Å². The van der Waals surface area contributed by atoms with Crippen LogP contribution in [0.25, 0.3) is 11.5 Å². The van der Waals surface area contributed by atoms with Crippen LogP contribution in [0.15, 0.2) is 65.5 Å². The highest BCUT2D eigenvalue weighted by atomic mass is 16.4. The highest BCUT2D eigenvalue weighted by molar-refractivity contribution is 5.69. The molecule has 1 aromatic carbocycles. The lowest BCUT2D eigenvalue weighted by molar-refractivity contribution is 0.508. The van der Waals surface area contributed by atoms with Crippen LogP contribution in [0.2, 0.25) is 0 Å². The molecular weight excluding hydrogens is 390 g/mol. The van der Waals surface area contributed by atoms with Gasteiger partial charge in [0.2, 0.25) is 11.8 Å². The minimum Gasteiger partial charge on any atom is -0.420 e. The third kappa shape index (κ3) is 4.85. The van der Waals surface area contributed by atoms with Crippen molar-refractivity contribution in [3.8, 4) is 11.5 Å². The Bertz CT molecular complexity index is 1130. The average molecular weight is 413 g/mol. The molecule has 0 unspecified atom stereocenters. The quantitative estimate of drug-likeness (QED) is 0.423. The number of pyridine rings is 1. The lowest BCUT2D eigenvalue weighted by Crippen LogP contribution is -2.11. The van der Waals surface area contributed by atoms with Gasteiger partial charge in [0.15, 0.2) is 0 Å². The molecule has 1 fully saturated rings. The molecule has 31 heavy (non-hydrogen) atoms. The van der Waals surface area contributed by atoms with Crippen LogP contribution >= 0.6 is 0 Å². The van der Waals surface area contributed by atoms with Crippen molar-refractivity contribution in [2.75, 3.05) is 17.2 Å². The van der Waals surface area contributed by atoms with E-state index in [2.05, 4.69) is 42.9 Å². The van der Waals surface area contributed by atoms with Crippen LogP contribution in [0, 0.1) is 0 Å². The summed E-state index contributed by atoms with van der Waals surface area (Å²) in [7, 11) is 0. The Morgan fingerprint density at radius 3 is 2.58 bits per heavy atom. The maximum absolute atomic E-state index is 5.90. The summed E-state index contributed by atoms with van der Waals surface area (Å²) in [6.07, 6.45) is 8.41. The summed E-state index contributed by atoms with van der Waals surface area (Å²) in [4.78, 5) is 13.2. The van der Waals surface area contributed by atoms with Crippen molar-refractivity contribution >= 4 is 11.8 Å². The number of benzene rings is 1. The number of hydrogen-bond acceptors (Lipinski definition) is 8. The molecule has 5 rings (SSSR count). The van der Waals surface area contributed by atoms with Crippen LogP contribution in [0.5, 0.6) is 0 Å². The van der Waals surface area contributed by atoms with Crippen molar-refractivity contribution in [3.63, 3.8) is 0 Å². The zero-order valence-corrected chi connectivity index (χ0v) is 17.0. The van der Waals surface area contributed by atoms with Crippen molar-refractivity contribution in [1.29, 1.82) is 0 Å². The summed E-state index contributed by atoms with van der Waals surface area (Å²) >= 11 is 0. The standard InChI is InChI=1S/C23H23N7O/c1-2-4-17(5-3-1)14-26-20-19(22-30-29-21(31-22)18-6-7-18)15-27-23(28-20)25-13-10-16-8-11-24-12-9-16/h1-5,8-9,11-12,15,18H,6-7,10,13-14H2,(H2,25,26,27,28). The van der Waals surface area contributed by atoms with Gasteiger partial charge in [-0.3, -0.25) is 4.98 Å². The second-order valence-corrected chi connectivity index (χ2v) is 7.55. The Hall–Kier alpha value is -3.81. The first-order valence-electron chi connectivity index (χ1n) is 10.5. The van der Waals surface area contributed by atoms with E-state index in [9.17, 15) is 0 Å². The van der Waals surface area contributed by atoms with Gasteiger partial charge >= 0.3 is 0 Å². The van der Waals surface area contributed by atoms with Gasteiger partial charge in [0.1, 0.15) is 5.82 Å². The van der Waals surface area contributed by atoms with E-state index in [1.165, 1.54) is 5.56 Å². The monoisotopic (exact) mass is 413 g/mol. The fraction of sp³-hybridized carbons (Fsp3) is 0.261. The highest BCUT2D eigenvalue weighted by Gasteiger charge is 2.30. The van der Waals surface area contributed by atoms with Crippen LogP contribution in [0.4, 0.5) is 11.8 Å². The Balaban J connectivity index is 1.34. The molecule has 3 heterocycles. The Labute approximate surface area is 180 Å². The zero-order valence-electron chi connectivity index (χ0n) is 17.0. The number of nitrogens with zero attached hydrogens (tertiary/aromatic N) is 5. The zero-order chi connectivity index (χ0) is 20.9. The van der Waals surface area contributed by atoms with Crippen LogP contribution in [0.3, 0.4) is 0 Å². The highest BCUT2D eigenvalue weighted by Crippen LogP contribution is 2.40. The van der Waals surface area contributed by atoms with E-state index in [4.69, 9.17) is 9.40 Å². The van der Waals surface area contributed by atoms with Gasteiger partial charge in [-0.2, -0.15) is 4.98 Å². The molecule has 0 radical (unpaired) electrons. The minimum absolute atomic E-state index is 0.400. The van der Waals surface area contributed by atoms with Crippen LogP contribution in [-0.4, -0.2) is 31.7 Å². The number of anilines is 2. The fourth-order valence-electron chi connectivity index (χ4n) is 3.25. The van der Waals surface area contributed by atoms with E-state index in [0.717, 1.165) is 24.8 Å². The molecule has 8 nitrogen and oxygen atoms in total. The van der Waals surface area contributed by atoms with Crippen molar-refractivity contribution in [2.24, 2.45) is 0 Å². The summed E-state index contributed by atoms with van der Waals surface area (Å²) in [5.74, 6) is 2.76. The van der Waals surface area contributed by atoms with Crippen LogP contribution in [-0.2, 0) is 13.0 Å². The molecule has 0 aliphatic heterocycles. The second kappa shape index (κ2) is 8.91. The van der Waals surface area contributed by atoms with Gasteiger partial charge in [-0.05, 0) is 42.5 Å². The van der Waals surface area contributed by atoms with Gasteiger partial charge in [-0.15, -0.1) is 10.2 Å². The normalized spacial score (nSPS) is 13.2. The Morgan fingerprint density at radius 2 is 1.77 bits per heavy atom. The molecule has 0 saturated heterocycles. The summed E-state index contributed by atoms with van der Waals surface area (Å²) in [5, 5.41) is 15.1. The predicted octanol–water partition coefficient (Wildman–Crippen LogP) is 4.07. The molecule has 1 saturated carbocycles. The van der Waals surface area contributed by atoms with Gasteiger partial charge in [0.05, 0.1) is 5.56 Å². The molecule has 1 aliphatic rings. The van der Waals surface area contributed by atoms with Crippen LogP contribution < -0.4 is 10.6 Å². The average Bonchev–Trinajstić information content (AvgIpc) is 3.56. The van der Waals surface area contributed by atoms with E-state index in [1.54, 1.807) is 18.6 Å². The summed E-state index contributed by atoms with van der Waals surface area (Å²) < 4.78 is 5.90. The molecule has 3 aromatic heterocycles. The smallest absolute Gasteiger partial charge is 0.253 e. The van der Waals surface area contributed by atoms with E-state index >= 15 is 0 Å². The van der Waals surface area contributed by atoms with Crippen molar-refractivity contribution in [3.05, 3.63) is 78.1 Å². The molecule has 156 valence electrons. The second-order valence-electron chi connectivity index (χ2n) is 7.55. The summed E-state index contributed by atoms with van der Waals surface area (Å²) in [5.41, 5.74) is 3.07. The van der Waals surface area contributed by atoms with Crippen LogP contribution in [0.1, 0.15) is 35.8 Å². The van der Waals surface area contributed by atoms with Gasteiger partial charge in [-0.1, -0.05) is 30.3 Å². The molecule has 0 amide bonds. The lowest BCUT2D eigenvalue weighted by Gasteiger charge is -2.11. The Morgan fingerprint density at radius 1 is 0.935 bits per heavy atom.